The SMILES string of the molecule is CC(=O)Nc1ncc(CN2CCCC(CN(N)/C=C\N)C2)s1. The lowest BCUT2D eigenvalue weighted by Crippen LogP contribution is -2.41. The van der Waals surface area contributed by atoms with E-state index in [1.54, 1.807) is 11.2 Å². The van der Waals surface area contributed by atoms with Gasteiger partial charge in [-0.1, -0.05) is 0 Å². The smallest absolute Gasteiger partial charge is 0.223 e. The van der Waals surface area contributed by atoms with Crippen LogP contribution in [0.15, 0.2) is 18.6 Å². The second-order valence-electron chi connectivity index (χ2n) is 5.59. The summed E-state index contributed by atoms with van der Waals surface area (Å²) in [6.07, 6.45) is 7.35. The third-order valence-electron chi connectivity index (χ3n) is 3.57. The first-order valence-corrected chi connectivity index (χ1v) is 8.23. The van der Waals surface area contributed by atoms with E-state index >= 15 is 0 Å². The van der Waals surface area contributed by atoms with Crippen LogP contribution in [0.3, 0.4) is 0 Å². The van der Waals surface area contributed by atoms with Crippen LogP contribution in [0.4, 0.5) is 5.13 Å². The number of amides is 1. The molecule has 0 aliphatic carbocycles. The first kappa shape index (κ1) is 16.7. The van der Waals surface area contributed by atoms with Gasteiger partial charge in [0.15, 0.2) is 5.13 Å². The number of thiazole rings is 1. The van der Waals surface area contributed by atoms with Gasteiger partial charge in [0, 0.05) is 50.0 Å². The number of hydrazine groups is 1. The minimum Gasteiger partial charge on any atom is -0.403 e. The van der Waals surface area contributed by atoms with Gasteiger partial charge in [0.2, 0.25) is 5.91 Å². The Kier molecular flexibility index (Phi) is 6.17. The van der Waals surface area contributed by atoms with Crippen LogP contribution in [0.1, 0.15) is 24.6 Å². The highest BCUT2D eigenvalue weighted by molar-refractivity contribution is 7.15. The van der Waals surface area contributed by atoms with Crippen molar-refractivity contribution in [3.8, 4) is 0 Å². The summed E-state index contributed by atoms with van der Waals surface area (Å²) in [5, 5.41) is 5.03. The fourth-order valence-corrected chi connectivity index (χ4v) is 3.62. The second-order valence-corrected chi connectivity index (χ2v) is 6.71. The van der Waals surface area contributed by atoms with Gasteiger partial charge in [-0.05, 0) is 25.3 Å². The summed E-state index contributed by atoms with van der Waals surface area (Å²) in [5.74, 6) is 6.31. The molecule has 1 aliphatic heterocycles. The summed E-state index contributed by atoms with van der Waals surface area (Å²) >= 11 is 1.53. The number of nitrogens with two attached hydrogens (primary N) is 2. The summed E-state index contributed by atoms with van der Waals surface area (Å²) in [5.41, 5.74) is 5.35. The summed E-state index contributed by atoms with van der Waals surface area (Å²) in [7, 11) is 0. The van der Waals surface area contributed by atoms with Crippen LogP contribution in [0.5, 0.6) is 0 Å². The van der Waals surface area contributed by atoms with Crippen LogP contribution in [0.25, 0.3) is 0 Å². The van der Waals surface area contributed by atoms with Gasteiger partial charge < -0.3 is 16.1 Å². The normalized spacial score (nSPS) is 19.5. The minimum atomic E-state index is -0.0880. The number of likely N-dealkylation sites (tertiary alicyclic amines) is 1. The number of rotatable bonds is 6. The molecule has 7 nitrogen and oxygen atoms in total. The maximum absolute atomic E-state index is 11.0. The number of hydrogen-bond donors (Lipinski definition) is 3. The van der Waals surface area contributed by atoms with E-state index in [1.807, 2.05) is 6.20 Å². The molecule has 0 radical (unpaired) electrons. The molecule has 2 rings (SSSR count). The molecule has 1 saturated heterocycles. The van der Waals surface area contributed by atoms with Gasteiger partial charge in [-0.15, -0.1) is 11.3 Å². The van der Waals surface area contributed by atoms with Crippen LogP contribution >= 0.6 is 11.3 Å². The van der Waals surface area contributed by atoms with Crippen LogP contribution in [0.2, 0.25) is 0 Å². The zero-order valence-electron chi connectivity index (χ0n) is 12.9. The van der Waals surface area contributed by atoms with Crippen molar-refractivity contribution in [1.29, 1.82) is 0 Å². The monoisotopic (exact) mass is 324 g/mol. The van der Waals surface area contributed by atoms with Crippen LogP contribution < -0.4 is 16.9 Å². The summed E-state index contributed by atoms with van der Waals surface area (Å²) in [6, 6.07) is 0. The molecule has 122 valence electrons. The highest BCUT2D eigenvalue weighted by atomic mass is 32.1. The standard InChI is InChI=1S/C14H24N6OS/c1-11(21)18-14-17-7-13(22-14)10-19-5-2-3-12(8-19)9-20(16)6-4-15/h4,6-7,12H,2-3,5,8-10,15-16H2,1H3,(H,17,18,21)/b6-4-. The zero-order chi connectivity index (χ0) is 15.9. The molecule has 5 N–H and O–H groups in total. The number of carbonyl (C=O) groups is 1. The van der Waals surface area contributed by atoms with E-state index in [0.29, 0.717) is 11.0 Å². The Morgan fingerprint density at radius 1 is 1.68 bits per heavy atom. The quantitative estimate of drug-likeness (QED) is 0.531. The molecule has 0 spiro atoms. The second kappa shape index (κ2) is 8.11. The number of nitrogens with one attached hydrogen (secondary N) is 1. The molecule has 1 aromatic rings. The molecule has 1 unspecified atom stereocenters. The number of nitrogens with zero attached hydrogens (tertiary/aromatic N) is 3. The Labute approximate surface area is 134 Å². The molecule has 0 bridgehead atoms. The molecule has 2 heterocycles. The van der Waals surface area contributed by atoms with E-state index in [0.717, 1.165) is 31.1 Å². The highest BCUT2D eigenvalue weighted by Gasteiger charge is 2.21. The van der Waals surface area contributed by atoms with Crippen molar-refractivity contribution in [2.45, 2.75) is 26.3 Å². The number of aromatic nitrogens is 1. The molecule has 1 atom stereocenters. The molecule has 0 aromatic carbocycles. The minimum absolute atomic E-state index is 0.0880. The molecule has 1 fully saturated rings. The van der Waals surface area contributed by atoms with E-state index in [1.165, 1.54) is 37.3 Å². The van der Waals surface area contributed by atoms with E-state index in [9.17, 15) is 4.79 Å². The largest absolute Gasteiger partial charge is 0.403 e. The Balaban J connectivity index is 1.84. The van der Waals surface area contributed by atoms with Crippen molar-refractivity contribution >= 4 is 22.4 Å². The number of anilines is 1. The molecule has 0 saturated carbocycles. The van der Waals surface area contributed by atoms with E-state index in [-0.39, 0.29) is 5.91 Å². The zero-order valence-corrected chi connectivity index (χ0v) is 13.7. The molecule has 8 heteroatoms. The first-order chi connectivity index (χ1) is 10.6. The molecule has 22 heavy (non-hydrogen) atoms. The molecule has 1 aliphatic rings. The van der Waals surface area contributed by atoms with Crippen LogP contribution in [-0.4, -0.2) is 40.4 Å². The number of piperidine rings is 1. The molecular weight excluding hydrogens is 300 g/mol. The van der Waals surface area contributed by atoms with Crippen molar-refractivity contribution in [2.75, 3.05) is 25.0 Å². The Morgan fingerprint density at radius 2 is 2.50 bits per heavy atom. The van der Waals surface area contributed by atoms with Crippen molar-refractivity contribution in [3.63, 3.8) is 0 Å². The third kappa shape index (κ3) is 5.28. The Morgan fingerprint density at radius 3 is 3.23 bits per heavy atom. The predicted molar refractivity (Wildman–Crippen MR) is 88.6 cm³/mol. The van der Waals surface area contributed by atoms with Gasteiger partial charge in [-0.2, -0.15) is 0 Å². The Bertz CT molecular complexity index is 517. The lowest BCUT2D eigenvalue weighted by molar-refractivity contribution is -0.114. The summed E-state index contributed by atoms with van der Waals surface area (Å²) in [4.78, 5) is 18.8. The van der Waals surface area contributed by atoms with E-state index in [4.69, 9.17) is 11.6 Å². The van der Waals surface area contributed by atoms with Gasteiger partial charge in [-0.25, -0.2) is 10.8 Å². The summed E-state index contributed by atoms with van der Waals surface area (Å²) in [6.45, 7) is 5.26. The van der Waals surface area contributed by atoms with Crippen molar-refractivity contribution in [3.05, 3.63) is 23.5 Å². The van der Waals surface area contributed by atoms with Crippen molar-refractivity contribution in [2.24, 2.45) is 17.5 Å². The van der Waals surface area contributed by atoms with E-state index < -0.39 is 0 Å². The number of carbonyl (C=O) groups excluding carboxylic acids is 1. The average molecular weight is 324 g/mol. The highest BCUT2D eigenvalue weighted by Crippen LogP contribution is 2.23. The molecule has 1 amide bonds. The molecular formula is C14H24N6OS. The molecule has 1 aromatic heterocycles. The van der Waals surface area contributed by atoms with Gasteiger partial charge in [-0.3, -0.25) is 9.69 Å². The average Bonchev–Trinajstić information content (AvgIpc) is 2.85. The van der Waals surface area contributed by atoms with Crippen LogP contribution in [-0.2, 0) is 11.3 Å². The fraction of sp³-hybridized carbons (Fsp3) is 0.571. The Hall–Kier alpha value is -1.64. The fourth-order valence-electron chi connectivity index (χ4n) is 2.72. The van der Waals surface area contributed by atoms with Crippen molar-refractivity contribution < 1.29 is 4.79 Å². The van der Waals surface area contributed by atoms with Gasteiger partial charge in [0.05, 0.1) is 0 Å². The maximum Gasteiger partial charge on any atom is 0.223 e. The lowest BCUT2D eigenvalue weighted by Gasteiger charge is -2.33. The topological polar surface area (TPSA) is 101 Å². The van der Waals surface area contributed by atoms with Gasteiger partial charge in [0.25, 0.3) is 0 Å². The third-order valence-corrected chi connectivity index (χ3v) is 4.46. The van der Waals surface area contributed by atoms with Crippen LogP contribution in [0, 0.1) is 5.92 Å². The maximum atomic E-state index is 11.0. The lowest BCUT2D eigenvalue weighted by atomic mass is 9.98. The summed E-state index contributed by atoms with van der Waals surface area (Å²) < 4.78 is 0. The van der Waals surface area contributed by atoms with Gasteiger partial charge in [0.1, 0.15) is 0 Å². The van der Waals surface area contributed by atoms with Gasteiger partial charge >= 0.3 is 0 Å². The van der Waals surface area contributed by atoms with E-state index in [2.05, 4.69) is 15.2 Å². The first-order valence-electron chi connectivity index (χ1n) is 7.41. The predicted octanol–water partition coefficient (Wildman–Crippen LogP) is 0.919. The number of hydrogen-bond acceptors (Lipinski definition) is 7. The van der Waals surface area contributed by atoms with Crippen molar-refractivity contribution in [1.82, 2.24) is 14.9 Å².